The van der Waals surface area contributed by atoms with E-state index in [0.29, 0.717) is 0 Å². The van der Waals surface area contributed by atoms with Crippen molar-refractivity contribution in [2.45, 2.75) is 26.8 Å². The van der Waals surface area contributed by atoms with Gasteiger partial charge in [-0.3, -0.25) is 0 Å². The normalized spacial score (nSPS) is 11.1. The molecule has 20 heavy (non-hydrogen) atoms. The molecule has 0 atom stereocenters. The lowest BCUT2D eigenvalue weighted by atomic mass is 10.3. The fourth-order valence-electron chi connectivity index (χ4n) is 2.25. The summed E-state index contributed by atoms with van der Waals surface area (Å²) in [6.45, 7) is 5.77. The Labute approximate surface area is 121 Å². The van der Waals surface area contributed by atoms with Crippen LogP contribution in [0.4, 0.5) is 5.13 Å². The minimum atomic E-state index is 0.729. The molecule has 0 saturated carbocycles. The zero-order chi connectivity index (χ0) is 13.9. The summed E-state index contributed by atoms with van der Waals surface area (Å²) in [6.07, 6.45) is 0.910. The third-order valence-corrected chi connectivity index (χ3v) is 4.00. The lowest BCUT2D eigenvalue weighted by Gasteiger charge is -2.04. The maximum absolute atomic E-state index is 4.67. The average Bonchev–Trinajstić information content (AvgIpc) is 3.05. The quantitative estimate of drug-likeness (QED) is 0.784. The fraction of sp³-hybridized carbons (Fsp3) is 0.357. The molecule has 0 aliphatic rings. The molecule has 6 heteroatoms. The molecule has 0 aliphatic heterocycles. The highest BCUT2D eigenvalue weighted by Crippen LogP contribution is 2.21. The third-order valence-electron chi connectivity index (χ3n) is 3.14. The van der Waals surface area contributed by atoms with Crippen LogP contribution in [0, 0.1) is 0 Å². The second-order valence-electron chi connectivity index (χ2n) is 4.49. The second kappa shape index (κ2) is 5.58. The van der Waals surface area contributed by atoms with Gasteiger partial charge in [0.05, 0.1) is 17.6 Å². The number of fused-ring (bicyclic) bond motifs is 1. The fourth-order valence-corrected chi connectivity index (χ4v) is 3.04. The summed E-state index contributed by atoms with van der Waals surface area (Å²) in [5.41, 5.74) is 2.20. The van der Waals surface area contributed by atoms with Crippen LogP contribution in [0.1, 0.15) is 24.7 Å². The van der Waals surface area contributed by atoms with E-state index in [0.717, 1.165) is 46.5 Å². The minimum absolute atomic E-state index is 0.729. The van der Waals surface area contributed by atoms with Crippen molar-refractivity contribution in [2.75, 3.05) is 11.9 Å². The Morgan fingerprint density at radius 2 is 2.05 bits per heavy atom. The number of rotatable bonds is 5. The van der Waals surface area contributed by atoms with Gasteiger partial charge >= 0.3 is 0 Å². The van der Waals surface area contributed by atoms with Gasteiger partial charge in [-0.2, -0.15) is 0 Å². The summed E-state index contributed by atoms with van der Waals surface area (Å²) >= 11 is 1.60. The first kappa shape index (κ1) is 13.1. The zero-order valence-corrected chi connectivity index (χ0v) is 12.4. The summed E-state index contributed by atoms with van der Waals surface area (Å²) in [4.78, 5) is 4.67. The number of aromatic nitrogens is 4. The summed E-state index contributed by atoms with van der Waals surface area (Å²) in [5, 5.41) is 13.5. The first-order chi connectivity index (χ1) is 9.81. The van der Waals surface area contributed by atoms with Gasteiger partial charge in [-0.25, -0.2) is 4.98 Å². The van der Waals surface area contributed by atoms with E-state index in [1.165, 1.54) is 0 Å². The van der Waals surface area contributed by atoms with Crippen molar-refractivity contribution in [3.63, 3.8) is 0 Å². The van der Waals surface area contributed by atoms with Crippen molar-refractivity contribution in [3.8, 4) is 0 Å². The molecule has 2 heterocycles. The highest BCUT2D eigenvalue weighted by Gasteiger charge is 2.11. The highest BCUT2D eigenvalue weighted by atomic mass is 32.1. The predicted octanol–water partition coefficient (Wildman–Crippen LogP) is 2.93. The highest BCUT2D eigenvalue weighted by molar-refractivity contribution is 7.15. The molecule has 0 saturated heterocycles. The molecule has 0 aliphatic carbocycles. The summed E-state index contributed by atoms with van der Waals surface area (Å²) < 4.78 is 2.23. The van der Waals surface area contributed by atoms with Gasteiger partial charge in [0.25, 0.3) is 0 Å². The maximum Gasteiger partial charge on any atom is 0.205 e. The van der Waals surface area contributed by atoms with Gasteiger partial charge < -0.3 is 9.88 Å². The van der Waals surface area contributed by atoms with Crippen molar-refractivity contribution >= 4 is 27.5 Å². The lowest BCUT2D eigenvalue weighted by molar-refractivity contribution is 0.740. The number of para-hydroxylation sites is 2. The molecule has 104 valence electrons. The van der Waals surface area contributed by atoms with E-state index in [9.17, 15) is 0 Å². The monoisotopic (exact) mass is 287 g/mol. The van der Waals surface area contributed by atoms with E-state index < -0.39 is 0 Å². The number of nitrogens with one attached hydrogen (secondary N) is 1. The van der Waals surface area contributed by atoms with E-state index in [2.05, 4.69) is 51.0 Å². The van der Waals surface area contributed by atoms with E-state index in [-0.39, 0.29) is 0 Å². The Morgan fingerprint density at radius 1 is 1.20 bits per heavy atom. The molecule has 2 aromatic heterocycles. The molecule has 5 nitrogen and oxygen atoms in total. The Morgan fingerprint density at radius 3 is 2.85 bits per heavy atom. The van der Waals surface area contributed by atoms with Crippen molar-refractivity contribution in [1.82, 2.24) is 19.7 Å². The van der Waals surface area contributed by atoms with Crippen LogP contribution in [0.3, 0.4) is 0 Å². The van der Waals surface area contributed by atoms with E-state index in [1.807, 2.05) is 12.1 Å². The van der Waals surface area contributed by atoms with Crippen LogP contribution >= 0.6 is 11.3 Å². The number of benzene rings is 1. The van der Waals surface area contributed by atoms with E-state index in [4.69, 9.17) is 0 Å². The second-order valence-corrected chi connectivity index (χ2v) is 5.55. The first-order valence-electron chi connectivity index (χ1n) is 6.82. The van der Waals surface area contributed by atoms with Gasteiger partial charge in [-0.15, -0.1) is 10.2 Å². The van der Waals surface area contributed by atoms with Crippen LogP contribution in [0.2, 0.25) is 0 Å². The van der Waals surface area contributed by atoms with Gasteiger partial charge in [-0.05, 0) is 19.1 Å². The minimum Gasteiger partial charge on any atom is -0.360 e. The number of imidazole rings is 1. The van der Waals surface area contributed by atoms with Crippen molar-refractivity contribution < 1.29 is 0 Å². The molecule has 0 radical (unpaired) electrons. The molecule has 3 rings (SSSR count). The molecule has 1 N–H and O–H groups in total. The van der Waals surface area contributed by atoms with E-state index in [1.54, 1.807) is 11.3 Å². The Kier molecular flexibility index (Phi) is 3.64. The number of anilines is 1. The molecular formula is C14H17N5S. The van der Waals surface area contributed by atoms with E-state index >= 15 is 0 Å². The van der Waals surface area contributed by atoms with Crippen LogP contribution in [0.5, 0.6) is 0 Å². The average molecular weight is 287 g/mol. The summed E-state index contributed by atoms with van der Waals surface area (Å²) in [6, 6.07) is 8.22. The van der Waals surface area contributed by atoms with Crippen LogP contribution in [0.25, 0.3) is 11.0 Å². The molecule has 1 aromatic carbocycles. The SMILES string of the molecule is CCNc1nnc(Cn2c(CC)nc3ccccc32)s1. The molecule has 0 bridgehead atoms. The summed E-state index contributed by atoms with van der Waals surface area (Å²) in [7, 11) is 0. The molecular weight excluding hydrogens is 270 g/mol. The standard InChI is InChI=1S/C14H17N5S/c1-3-12-16-10-7-5-6-8-11(10)19(12)9-13-17-18-14(20-13)15-4-2/h5-8H,3-4,9H2,1-2H3,(H,15,18). The predicted molar refractivity (Wildman–Crippen MR) is 82.3 cm³/mol. The van der Waals surface area contributed by atoms with Crippen LogP contribution < -0.4 is 5.32 Å². The Bertz CT molecular complexity index is 715. The molecule has 0 amide bonds. The molecule has 0 spiro atoms. The van der Waals surface area contributed by atoms with Gasteiger partial charge in [0.2, 0.25) is 5.13 Å². The van der Waals surface area contributed by atoms with Crippen molar-refractivity contribution in [2.24, 2.45) is 0 Å². The number of aryl methyl sites for hydroxylation is 1. The van der Waals surface area contributed by atoms with Gasteiger partial charge in [0, 0.05) is 13.0 Å². The summed E-state index contributed by atoms with van der Waals surface area (Å²) in [5.74, 6) is 1.09. The van der Waals surface area contributed by atoms with Crippen LogP contribution in [-0.4, -0.2) is 26.3 Å². The molecule has 0 fully saturated rings. The number of nitrogens with zero attached hydrogens (tertiary/aromatic N) is 4. The third kappa shape index (κ3) is 2.38. The Balaban J connectivity index is 1.96. The lowest BCUT2D eigenvalue weighted by Crippen LogP contribution is -2.04. The van der Waals surface area contributed by atoms with Gasteiger partial charge in [0.15, 0.2) is 0 Å². The smallest absolute Gasteiger partial charge is 0.205 e. The van der Waals surface area contributed by atoms with Crippen LogP contribution in [0.15, 0.2) is 24.3 Å². The molecule has 3 aromatic rings. The van der Waals surface area contributed by atoms with Crippen LogP contribution in [-0.2, 0) is 13.0 Å². The van der Waals surface area contributed by atoms with Crippen molar-refractivity contribution in [3.05, 3.63) is 35.1 Å². The molecule has 0 unspecified atom stereocenters. The largest absolute Gasteiger partial charge is 0.360 e. The van der Waals surface area contributed by atoms with Gasteiger partial charge in [0.1, 0.15) is 10.8 Å². The Hall–Kier alpha value is -1.95. The first-order valence-corrected chi connectivity index (χ1v) is 7.63. The number of hydrogen-bond acceptors (Lipinski definition) is 5. The maximum atomic E-state index is 4.67. The topological polar surface area (TPSA) is 55.6 Å². The van der Waals surface area contributed by atoms with Crippen molar-refractivity contribution in [1.29, 1.82) is 0 Å². The van der Waals surface area contributed by atoms with Gasteiger partial charge in [-0.1, -0.05) is 30.4 Å². The zero-order valence-electron chi connectivity index (χ0n) is 11.6. The number of hydrogen-bond donors (Lipinski definition) is 1.